The van der Waals surface area contributed by atoms with Gasteiger partial charge in [0, 0.05) is 29.8 Å². The topological polar surface area (TPSA) is 16.1 Å². The lowest BCUT2D eigenvalue weighted by Gasteiger charge is -2.25. The van der Waals surface area contributed by atoms with Gasteiger partial charge in [-0.15, -0.1) is 11.3 Å². The van der Waals surface area contributed by atoms with Crippen molar-refractivity contribution in [1.82, 2.24) is 4.98 Å². The average molecular weight is 385 g/mol. The fourth-order valence-corrected chi connectivity index (χ4v) is 5.28. The van der Waals surface area contributed by atoms with Crippen LogP contribution in [0.1, 0.15) is 35.5 Å². The Morgan fingerprint density at radius 1 is 0.964 bits per heavy atom. The third kappa shape index (κ3) is 2.91. The SMILES string of the molecule is Cc1ccc2sc(Cc3ccccc3N3CC(C)(C)c4ccccc43)nc2c1. The van der Waals surface area contributed by atoms with Crippen molar-refractivity contribution in [3.63, 3.8) is 0 Å². The summed E-state index contributed by atoms with van der Waals surface area (Å²) in [6.45, 7) is 7.80. The van der Waals surface area contributed by atoms with E-state index in [0.717, 1.165) is 18.5 Å². The fraction of sp³-hybridized carbons (Fsp3) is 0.240. The highest BCUT2D eigenvalue weighted by Gasteiger charge is 2.35. The molecule has 0 atom stereocenters. The second-order valence-corrected chi connectivity index (χ2v) is 9.49. The number of nitrogens with zero attached hydrogens (tertiary/aromatic N) is 2. The molecule has 28 heavy (non-hydrogen) atoms. The van der Waals surface area contributed by atoms with Gasteiger partial charge in [-0.1, -0.05) is 56.3 Å². The normalized spacial score (nSPS) is 15.2. The molecule has 0 N–H and O–H groups in total. The van der Waals surface area contributed by atoms with E-state index in [-0.39, 0.29) is 5.41 Å². The van der Waals surface area contributed by atoms with E-state index >= 15 is 0 Å². The zero-order valence-electron chi connectivity index (χ0n) is 16.6. The summed E-state index contributed by atoms with van der Waals surface area (Å²) < 4.78 is 1.27. The number of hydrogen-bond acceptors (Lipinski definition) is 3. The number of aromatic nitrogens is 1. The van der Waals surface area contributed by atoms with Crippen LogP contribution in [-0.2, 0) is 11.8 Å². The van der Waals surface area contributed by atoms with Crippen molar-refractivity contribution in [1.29, 1.82) is 0 Å². The van der Waals surface area contributed by atoms with Gasteiger partial charge >= 0.3 is 0 Å². The van der Waals surface area contributed by atoms with E-state index in [4.69, 9.17) is 4.98 Å². The average Bonchev–Trinajstić information content (AvgIpc) is 3.20. The Morgan fingerprint density at radius 3 is 2.57 bits per heavy atom. The molecular weight excluding hydrogens is 360 g/mol. The van der Waals surface area contributed by atoms with Crippen molar-refractivity contribution in [2.75, 3.05) is 11.4 Å². The first kappa shape index (κ1) is 17.4. The Morgan fingerprint density at radius 2 is 1.71 bits per heavy atom. The molecule has 1 aromatic heterocycles. The van der Waals surface area contributed by atoms with Crippen LogP contribution >= 0.6 is 11.3 Å². The highest BCUT2D eigenvalue weighted by molar-refractivity contribution is 7.18. The highest BCUT2D eigenvalue weighted by atomic mass is 32.1. The Labute approximate surface area is 170 Å². The molecule has 3 heteroatoms. The number of hydrogen-bond donors (Lipinski definition) is 0. The molecule has 0 aliphatic carbocycles. The maximum atomic E-state index is 4.91. The zero-order valence-corrected chi connectivity index (χ0v) is 17.4. The zero-order chi connectivity index (χ0) is 19.3. The predicted molar refractivity (Wildman–Crippen MR) is 120 cm³/mol. The van der Waals surface area contributed by atoms with Crippen molar-refractivity contribution >= 4 is 32.9 Å². The van der Waals surface area contributed by atoms with Gasteiger partial charge < -0.3 is 4.90 Å². The van der Waals surface area contributed by atoms with Crippen molar-refractivity contribution in [3.8, 4) is 0 Å². The molecule has 1 aliphatic heterocycles. The van der Waals surface area contributed by atoms with E-state index in [1.54, 1.807) is 0 Å². The van der Waals surface area contributed by atoms with Crippen LogP contribution in [0, 0.1) is 6.92 Å². The third-order valence-electron chi connectivity index (χ3n) is 5.69. The molecule has 0 fully saturated rings. The van der Waals surface area contributed by atoms with E-state index in [9.17, 15) is 0 Å². The van der Waals surface area contributed by atoms with Gasteiger partial charge in [0.05, 0.1) is 15.2 Å². The first-order valence-corrected chi connectivity index (χ1v) is 10.6. The number of rotatable bonds is 3. The summed E-state index contributed by atoms with van der Waals surface area (Å²) >= 11 is 1.81. The minimum absolute atomic E-state index is 0.150. The Kier molecular flexibility index (Phi) is 4.02. The number of aryl methyl sites for hydroxylation is 1. The van der Waals surface area contributed by atoms with Gasteiger partial charge in [-0.3, -0.25) is 0 Å². The molecule has 140 valence electrons. The lowest BCUT2D eigenvalue weighted by molar-refractivity contribution is 0.569. The van der Waals surface area contributed by atoms with Crippen LogP contribution < -0.4 is 4.90 Å². The van der Waals surface area contributed by atoms with Crippen LogP contribution in [0.15, 0.2) is 66.7 Å². The molecule has 0 unspecified atom stereocenters. The second kappa shape index (κ2) is 6.46. The number of thiazole rings is 1. The third-order valence-corrected chi connectivity index (χ3v) is 6.73. The van der Waals surface area contributed by atoms with Crippen molar-refractivity contribution in [3.05, 3.63) is 88.4 Å². The van der Waals surface area contributed by atoms with Crippen LogP contribution in [0.5, 0.6) is 0 Å². The lowest BCUT2D eigenvalue weighted by Crippen LogP contribution is -2.25. The highest BCUT2D eigenvalue weighted by Crippen LogP contribution is 2.45. The molecule has 4 aromatic rings. The Balaban J connectivity index is 1.55. The Hall–Kier alpha value is -2.65. The quantitative estimate of drug-likeness (QED) is 0.394. The van der Waals surface area contributed by atoms with E-state index < -0.39 is 0 Å². The van der Waals surface area contributed by atoms with Crippen molar-refractivity contribution in [2.24, 2.45) is 0 Å². The second-order valence-electron chi connectivity index (χ2n) is 8.37. The largest absolute Gasteiger partial charge is 0.340 e. The summed E-state index contributed by atoms with van der Waals surface area (Å²) in [5, 5.41) is 1.18. The van der Waals surface area contributed by atoms with Crippen LogP contribution in [0.3, 0.4) is 0 Å². The van der Waals surface area contributed by atoms with Crippen molar-refractivity contribution < 1.29 is 0 Å². The predicted octanol–water partition coefficient (Wildman–Crippen LogP) is 6.62. The summed E-state index contributed by atoms with van der Waals surface area (Å²) in [5.41, 5.74) is 7.93. The van der Waals surface area contributed by atoms with Gasteiger partial charge in [-0.2, -0.15) is 0 Å². The smallest absolute Gasteiger partial charge is 0.0983 e. The van der Waals surface area contributed by atoms with E-state index in [2.05, 4.69) is 92.4 Å². The van der Waals surface area contributed by atoms with Gasteiger partial charge in [0.1, 0.15) is 0 Å². The molecule has 0 spiro atoms. The van der Waals surface area contributed by atoms with E-state index in [1.807, 2.05) is 11.3 Å². The van der Waals surface area contributed by atoms with Gasteiger partial charge in [0.25, 0.3) is 0 Å². The first-order valence-electron chi connectivity index (χ1n) is 9.82. The lowest BCUT2D eigenvalue weighted by atomic mass is 9.87. The minimum Gasteiger partial charge on any atom is -0.340 e. The van der Waals surface area contributed by atoms with Gasteiger partial charge in [-0.05, 0) is 47.9 Å². The molecule has 0 saturated heterocycles. The van der Waals surface area contributed by atoms with Crippen molar-refractivity contribution in [2.45, 2.75) is 32.6 Å². The number of benzene rings is 3. The van der Waals surface area contributed by atoms with Crippen LogP contribution in [0.4, 0.5) is 11.4 Å². The first-order chi connectivity index (χ1) is 13.5. The summed E-state index contributed by atoms with van der Waals surface area (Å²) in [5.74, 6) is 0. The molecule has 2 nitrogen and oxygen atoms in total. The molecule has 0 saturated carbocycles. The fourth-order valence-electron chi connectivity index (χ4n) is 4.31. The standard InChI is InChI=1S/C25H24N2S/c1-17-12-13-23-20(14-17)26-24(28-23)15-18-8-4-6-10-21(18)27-16-25(2,3)19-9-5-7-11-22(19)27/h4-14H,15-16H2,1-3H3. The summed E-state index contributed by atoms with van der Waals surface area (Å²) in [6.07, 6.45) is 0.869. The van der Waals surface area contributed by atoms with Crippen LogP contribution in [0.2, 0.25) is 0 Å². The van der Waals surface area contributed by atoms with Crippen LogP contribution in [-0.4, -0.2) is 11.5 Å². The molecule has 0 bridgehead atoms. The van der Waals surface area contributed by atoms with Gasteiger partial charge in [0.2, 0.25) is 0 Å². The van der Waals surface area contributed by atoms with Gasteiger partial charge in [-0.25, -0.2) is 4.98 Å². The molecule has 0 amide bonds. The molecule has 0 radical (unpaired) electrons. The molecule has 5 rings (SSSR count). The molecular formula is C25H24N2S. The number of anilines is 2. The summed E-state index contributed by atoms with van der Waals surface area (Å²) in [4.78, 5) is 7.40. The van der Waals surface area contributed by atoms with E-state index in [0.29, 0.717) is 0 Å². The van der Waals surface area contributed by atoms with E-state index in [1.165, 1.54) is 37.8 Å². The van der Waals surface area contributed by atoms with Gasteiger partial charge in [0.15, 0.2) is 0 Å². The maximum absolute atomic E-state index is 4.91. The summed E-state index contributed by atoms with van der Waals surface area (Å²) in [7, 11) is 0. The molecule has 2 heterocycles. The Bertz CT molecular complexity index is 1170. The maximum Gasteiger partial charge on any atom is 0.0983 e. The van der Waals surface area contributed by atoms with Crippen LogP contribution in [0.25, 0.3) is 10.2 Å². The number of fused-ring (bicyclic) bond motifs is 2. The molecule has 1 aliphatic rings. The minimum atomic E-state index is 0.150. The summed E-state index contributed by atoms with van der Waals surface area (Å²) in [6, 6.07) is 24.2. The monoisotopic (exact) mass is 384 g/mol. The molecule has 3 aromatic carbocycles. The number of para-hydroxylation sites is 2.